The van der Waals surface area contributed by atoms with Gasteiger partial charge in [-0.3, -0.25) is 58.3 Å². The molecule has 0 saturated carbocycles. The molecule has 0 saturated heterocycles. The van der Waals surface area contributed by atoms with Crippen molar-refractivity contribution in [2.45, 2.75) is 45.4 Å². The maximum Gasteiger partial charge on any atom is 0.257 e. The minimum absolute atomic E-state index is 0.0423. The van der Waals surface area contributed by atoms with E-state index in [1.54, 1.807) is 134 Å². The van der Waals surface area contributed by atoms with E-state index in [-0.39, 0.29) is 72.4 Å². The number of aliphatic imine (C=N–C) groups is 4. The number of likely N-dealkylation sites (N-methyl/N-ethyl adjacent to an activating group) is 2. The van der Waals surface area contributed by atoms with Gasteiger partial charge in [-0.25, -0.2) is 19.9 Å². The predicted molar refractivity (Wildman–Crippen MR) is 509 cm³/mol. The number of anilines is 4. The summed E-state index contributed by atoms with van der Waals surface area (Å²) in [5, 5.41) is 14.4. The molecule has 8 aromatic carbocycles. The van der Waals surface area contributed by atoms with Crippen molar-refractivity contribution in [1.29, 1.82) is 0 Å². The van der Waals surface area contributed by atoms with E-state index in [1.807, 2.05) is 148 Å². The lowest BCUT2D eigenvalue weighted by Crippen LogP contribution is -2.32. The summed E-state index contributed by atoms with van der Waals surface area (Å²) < 4.78 is 3.31. The molecule has 0 atom stereocenters. The van der Waals surface area contributed by atoms with Crippen LogP contribution >= 0.6 is 63.7 Å². The van der Waals surface area contributed by atoms with Gasteiger partial charge in [0.2, 0.25) is 0 Å². The first-order valence-electron chi connectivity index (χ1n) is 40.8. The molecule has 4 aliphatic rings. The number of pyridine rings is 4. The first-order chi connectivity index (χ1) is 61.2. The highest BCUT2D eigenvalue weighted by Gasteiger charge is 2.25. The van der Waals surface area contributed by atoms with Gasteiger partial charge in [0.15, 0.2) is 23.1 Å². The average Bonchev–Trinajstić information content (AvgIpc) is 1.26. The second-order valence-corrected chi connectivity index (χ2v) is 33.2. The Morgan fingerprint density at radius 1 is 0.325 bits per heavy atom. The van der Waals surface area contributed by atoms with Crippen molar-refractivity contribution in [1.82, 2.24) is 40.0 Å². The summed E-state index contributed by atoms with van der Waals surface area (Å²) >= 11 is 13.3. The predicted octanol–water partition coefficient (Wildman–Crippen LogP) is 17.7. The molecule has 636 valence electrons. The number of aromatic nitrogens is 4. The van der Waals surface area contributed by atoms with Crippen molar-refractivity contribution in [2.75, 3.05) is 94.3 Å². The second-order valence-electron chi connectivity index (χ2n) is 29.5. The number of hydrogen-bond donors (Lipinski definition) is 5. The minimum atomic E-state index is -0.296. The Bertz CT molecular complexity index is 6060. The SMILES string of the molecule is CCN1CCN=C1c1ccc(C(=O)Cc2ccccc2C(=O)Nc2ccc(Br)cn2)cc1.CN1CCCN=C1c1ccc(C(=O)Cc2ccccc2C(=O)Nc2ccc(Br)cn2)cc1.CN1CCN=C1c1ccc(C(=O)Cc2ccccc2C(=O)Nc2ccc(Br)cn2)cc1.O=C(Cc1ccccc1C(=O)Nc1ccc(Br)cn1)c1ccc(C2=NCCCN2)cc1. The van der Waals surface area contributed by atoms with E-state index < -0.39 is 0 Å². The summed E-state index contributed by atoms with van der Waals surface area (Å²) in [7, 11) is 4.04. The van der Waals surface area contributed by atoms with Gasteiger partial charge in [-0.1, -0.05) is 170 Å². The van der Waals surface area contributed by atoms with Gasteiger partial charge >= 0.3 is 0 Å². The van der Waals surface area contributed by atoms with Crippen LogP contribution in [-0.4, -0.2) is 178 Å². The van der Waals surface area contributed by atoms with Crippen LogP contribution in [0.1, 0.15) is 147 Å². The molecule has 8 heterocycles. The summed E-state index contributed by atoms with van der Waals surface area (Å²) in [6, 6.07) is 72.6. The Kier molecular flexibility index (Phi) is 31.8. The number of ketones is 4. The number of Topliss-reactive ketones (excluding diaryl/α,β-unsaturated/α-hetero) is 4. The van der Waals surface area contributed by atoms with Crippen LogP contribution in [0, 0.1) is 0 Å². The number of nitrogens with zero attached hydrogens (tertiary/aromatic N) is 11. The summed E-state index contributed by atoms with van der Waals surface area (Å²) in [4.78, 5) is 144. The van der Waals surface area contributed by atoms with Crippen molar-refractivity contribution in [3.8, 4) is 0 Å². The fourth-order valence-corrected chi connectivity index (χ4v) is 15.1. The maximum atomic E-state index is 12.9. The third-order valence-electron chi connectivity index (χ3n) is 20.7. The first kappa shape index (κ1) is 90.4. The van der Waals surface area contributed by atoms with Gasteiger partial charge in [-0.15, -0.1) is 0 Å². The standard InChI is InChI=1S/2C25H23BrN4O2.2C24H21BrN4O2/c1-30-14-4-13-27-24(30)18-9-7-17(8-10-18)22(31)15-19-5-2-3-6-21(19)25(32)29-23-12-11-20(26)16-28-23;1-2-30-14-13-27-24(30)18-9-7-17(8-10-18)22(31)15-19-5-3-4-6-21(19)25(32)29-23-12-11-20(26)16-28-23;1-29-13-12-26-23(29)17-8-6-16(7-9-17)21(30)14-18-4-2-3-5-20(18)24(31)28-22-11-10-19(25)15-27-22;25-19-10-11-22(28-15-19)29-24(31)20-5-2-1-4-18(20)14-21(30)16-6-8-17(9-7-16)23-26-12-3-13-27-23/h2-3,5-12,16H,4,13-15H2,1H3,(H,28,29,32);3-12,16H,2,13-15H2,1H3,(H,28,29,32);2-11,15H,12-14H2,1H3,(H,27,28,31);1-2,4-11,15H,3,12-14H2,(H,26,27)(H,28,29,31). The Morgan fingerprint density at radius 2 is 0.619 bits per heavy atom. The molecule has 28 heteroatoms. The van der Waals surface area contributed by atoms with Crippen LogP contribution in [0.25, 0.3) is 0 Å². The van der Waals surface area contributed by atoms with Crippen molar-refractivity contribution in [3.63, 3.8) is 0 Å². The van der Waals surface area contributed by atoms with Crippen molar-refractivity contribution < 1.29 is 38.4 Å². The Labute approximate surface area is 763 Å². The zero-order chi connectivity index (χ0) is 88.4. The highest BCUT2D eigenvalue weighted by molar-refractivity contribution is 9.11. The lowest BCUT2D eigenvalue weighted by atomic mass is 9.97. The normalized spacial score (nSPS) is 13.2. The fraction of sp³-hybridized carbons (Fsp3) is 0.184. The number of carbonyl (C=O) groups excluding carboxylic acids is 8. The van der Waals surface area contributed by atoms with Crippen molar-refractivity contribution in [3.05, 3.63) is 374 Å². The van der Waals surface area contributed by atoms with Crippen molar-refractivity contribution >= 4 is 157 Å². The summed E-state index contributed by atoms with van der Waals surface area (Å²) in [6.45, 7) is 9.99. The molecule has 0 radical (unpaired) electrons. The summed E-state index contributed by atoms with van der Waals surface area (Å²) in [5.74, 6) is 4.19. The molecule has 4 amide bonds. The van der Waals surface area contributed by atoms with Crippen LogP contribution in [0.2, 0.25) is 0 Å². The van der Waals surface area contributed by atoms with Crippen molar-refractivity contribution in [2.24, 2.45) is 20.0 Å². The van der Waals surface area contributed by atoms with E-state index in [0.717, 1.165) is 135 Å². The highest BCUT2D eigenvalue weighted by atomic mass is 79.9. The quantitative estimate of drug-likeness (QED) is 0.0332. The first-order valence-corrected chi connectivity index (χ1v) is 44.0. The van der Waals surface area contributed by atoms with E-state index in [9.17, 15) is 38.4 Å². The molecule has 16 rings (SSSR count). The number of benzene rings is 8. The highest BCUT2D eigenvalue weighted by Crippen LogP contribution is 2.26. The third-order valence-corrected chi connectivity index (χ3v) is 22.6. The van der Waals surface area contributed by atoms with E-state index in [4.69, 9.17) is 0 Å². The zero-order valence-corrected chi connectivity index (χ0v) is 75.6. The van der Waals surface area contributed by atoms with Gasteiger partial charge in [0.05, 0.1) is 13.1 Å². The van der Waals surface area contributed by atoms with Gasteiger partial charge in [0.1, 0.15) is 46.6 Å². The molecular formula is C98H88Br4N16O8. The van der Waals surface area contributed by atoms with Crippen LogP contribution in [0.3, 0.4) is 0 Å². The molecule has 0 spiro atoms. The minimum Gasteiger partial charge on any atom is -0.370 e. The summed E-state index contributed by atoms with van der Waals surface area (Å²) in [6.07, 6.45) is 9.10. The van der Waals surface area contributed by atoms with Gasteiger partial charge in [-0.05, 0) is 179 Å². The van der Waals surface area contributed by atoms with Crippen LogP contribution in [0.4, 0.5) is 23.3 Å². The topological polar surface area (TPSA) is 307 Å². The van der Waals surface area contributed by atoms with E-state index >= 15 is 0 Å². The number of amides is 4. The molecule has 0 bridgehead atoms. The van der Waals surface area contributed by atoms with E-state index in [1.165, 1.54) is 0 Å². The average molecular weight is 1940 g/mol. The van der Waals surface area contributed by atoms with Crippen LogP contribution in [0.15, 0.2) is 305 Å². The lowest BCUT2D eigenvalue weighted by molar-refractivity contribution is 0.0980. The van der Waals surface area contributed by atoms with Gasteiger partial charge in [-0.2, -0.15) is 0 Å². The van der Waals surface area contributed by atoms with Gasteiger partial charge in [0, 0.05) is 195 Å². The molecule has 12 aromatic rings. The molecular weight excluding hydrogens is 1850 g/mol. The second kappa shape index (κ2) is 44.4. The number of amidine groups is 4. The summed E-state index contributed by atoms with van der Waals surface area (Å²) in [5.41, 5.74) is 10.9. The number of rotatable bonds is 25. The van der Waals surface area contributed by atoms with E-state index in [0.29, 0.717) is 90.0 Å². The monoisotopic (exact) mass is 1930 g/mol. The molecule has 0 aliphatic carbocycles. The largest absolute Gasteiger partial charge is 0.370 e. The number of hydrogen-bond acceptors (Lipinski definition) is 20. The third kappa shape index (κ3) is 24.8. The van der Waals surface area contributed by atoms with Crippen LogP contribution in [0.5, 0.6) is 0 Å². The Morgan fingerprint density at radius 3 is 0.913 bits per heavy atom. The molecule has 126 heavy (non-hydrogen) atoms. The van der Waals surface area contributed by atoms with E-state index in [2.05, 4.69) is 152 Å². The number of carbonyl (C=O) groups is 8. The lowest BCUT2D eigenvalue weighted by Gasteiger charge is -2.25. The fourth-order valence-electron chi connectivity index (χ4n) is 14.1. The Balaban J connectivity index is 0.000000144. The zero-order valence-electron chi connectivity index (χ0n) is 69.2. The van der Waals surface area contributed by atoms with Crippen LogP contribution < -0.4 is 26.6 Å². The molecule has 0 unspecified atom stereocenters. The Hall–Kier alpha value is -13.3. The molecule has 4 aromatic heterocycles. The molecule has 5 N–H and O–H groups in total. The number of halogens is 4. The van der Waals surface area contributed by atoms with Gasteiger partial charge < -0.3 is 41.3 Å². The molecule has 4 aliphatic heterocycles. The smallest absolute Gasteiger partial charge is 0.257 e. The van der Waals surface area contributed by atoms with Gasteiger partial charge in [0.25, 0.3) is 23.6 Å². The molecule has 24 nitrogen and oxygen atoms in total. The number of nitrogens with one attached hydrogen (secondary N) is 5. The molecule has 0 fully saturated rings. The maximum absolute atomic E-state index is 12.9. The van der Waals surface area contributed by atoms with Crippen LogP contribution in [-0.2, 0) is 25.7 Å².